The van der Waals surface area contributed by atoms with E-state index in [9.17, 15) is 4.79 Å². The number of para-hydroxylation sites is 1. The van der Waals surface area contributed by atoms with E-state index in [2.05, 4.69) is 15.3 Å². The molecular weight excluding hydrogens is 306 g/mol. The molecule has 3 aromatic heterocycles. The Balaban J connectivity index is 1.54. The largest absolute Gasteiger partial charge is 0.463 e. The Morgan fingerprint density at radius 2 is 1.96 bits per heavy atom. The van der Waals surface area contributed by atoms with Crippen molar-refractivity contribution in [3.05, 3.63) is 72.6 Å². The third kappa shape index (κ3) is 2.65. The predicted molar refractivity (Wildman–Crippen MR) is 87.1 cm³/mol. The highest BCUT2D eigenvalue weighted by atomic mass is 16.3. The fourth-order valence-electron chi connectivity index (χ4n) is 2.46. The third-order valence-corrected chi connectivity index (χ3v) is 3.59. The second kappa shape index (κ2) is 6.00. The Bertz CT molecular complexity index is 957. The van der Waals surface area contributed by atoms with E-state index in [4.69, 9.17) is 8.83 Å². The zero-order valence-corrected chi connectivity index (χ0v) is 12.6. The Kier molecular flexibility index (Phi) is 3.55. The van der Waals surface area contributed by atoms with E-state index in [1.54, 1.807) is 36.9 Å². The average Bonchev–Trinajstić information content (AvgIpc) is 3.29. The van der Waals surface area contributed by atoms with Crippen LogP contribution in [0, 0.1) is 0 Å². The van der Waals surface area contributed by atoms with Crippen molar-refractivity contribution in [2.45, 2.75) is 6.54 Å². The van der Waals surface area contributed by atoms with Crippen molar-refractivity contribution < 1.29 is 13.6 Å². The van der Waals surface area contributed by atoms with Crippen LogP contribution in [0.2, 0.25) is 0 Å². The number of amides is 1. The van der Waals surface area contributed by atoms with Gasteiger partial charge in [-0.05, 0) is 24.3 Å². The van der Waals surface area contributed by atoms with Crippen molar-refractivity contribution in [1.82, 2.24) is 15.3 Å². The zero-order valence-electron chi connectivity index (χ0n) is 12.6. The normalized spacial score (nSPS) is 10.8. The molecule has 6 nitrogen and oxygen atoms in total. The maximum absolute atomic E-state index is 12.3. The Morgan fingerprint density at radius 1 is 1.08 bits per heavy atom. The van der Waals surface area contributed by atoms with Gasteiger partial charge in [0.1, 0.15) is 11.3 Å². The summed E-state index contributed by atoms with van der Waals surface area (Å²) in [5.41, 5.74) is 1.91. The van der Waals surface area contributed by atoms with Crippen LogP contribution in [0.3, 0.4) is 0 Å². The van der Waals surface area contributed by atoms with Gasteiger partial charge >= 0.3 is 0 Å². The van der Waals surface area contributed by atoms with Crippen LogP contribution in [-0.2, 0) is 6.54 Å². The van der Waals surface area contributed by atoms with Crippen molar-refractivity contribution in [2.24, 2.45) is 0 Å². The van der Waals surface area contributed by atoms with Gasteiger partial charge in [0.05, 0.1) is 18.5 Å². The van der Waals surface area contributed by atoms with Crippen LogP contribution in [-0.4, -0.2) is 15.9 Å². The number of carbonyl (C=O) groups is 1. The summed E-state index contributed by atoms with van der Waals surface area (Å²) in [6.45, 7) is 0.222. The number of carbonyl (C=O) groups excluding carboxylic acids is 1. The molecule has 0 unspecified atom stereocenters. The fourth-order valence-corrected chi connectivity index (χ4v) is 2.46. The minimum atomic E-state index is -0.303. The Labute approximate surface area is 137 Å². The van der Waals surface area contributed by atoms with Gasteiger partial charge in [-0.2, -0.15) is 0 Å². The first-order valence-corrected chi connectivity index (χ1v) is 7.42. The number of hydrogen-bond donors (Lipinski definition) is 1. The van der Waals surface area contributed by atoms with Crippen molar-refractivity contribution in [3.63, 3.8) is 0 Å². The van der Waals surface area contributed by atoms with Crippen LogP contribution >= 0.6 is 0 Å². The van der Waals surface area contributed by atoms with Crippen molar-refractivity contribution in [2.75, 3.05) is 0 Å². The lowest BCUT2D eigenvalue weighted by molar-refractivity contribution is 0.0925. The second-order valence-corrected chi connectivity index (χ2v) is 5.16. The molecule has 0 atom stereocenters. The van der Waals surface area contributed by atoms with E-state index in [0.29, 0.717) is 22.7 Å². The zero-order chi connectivity index (χ0) is 16.4. The van der Waals surface area contributed by atoms with Gasteiger partial charge in [-0.3, -0.25) is 9.78 Å². The molecule has 3 heterocycles. The van der Waals surface area contributed by atoms with E-state index in [1.165, 1.54) is 0 Å². The maximum Gasteiger partial charge on any atom is 0.287 e. The van der Waals surface area contributed by atoms with E-state index < -0.39 is 0 Å². The molecule has 0 spiro atoms. The minimum Gasteiger partial charge on any atom is -0.463 e. The van der Waals surface area contributed by atoms with Crippen molar-refractivity contribution in [1.29, 1.82) is 0 Å². The highest BCUT2D eigenvalue weighted by Gasteiger charge is 2.15. The highest BCUT2D eigenvalue weighted by molar-refractivity contribution is 5.96. The van der Waals surface area contributed by atoms with Gasteiger partial charge < -0.3 is 14.2 Å². The van der Waals surface area contributed by atoms with Gasteiger partial charge in [0, 0.05) is 17.8 Å². The first-order valence-electron chi connectivity index (χ1n) is 7.42. The van der Waals surface area contributed by atoms with Gasteiger partial charge in [-0.15, -0.1) is 0 Å². The molecule has 1 N–H and O–H groups in total. The van der Waals surface area contributed by atoms with Gasteiger partial charge in [0.15, 0.2) is 11.5 Å². The van der Waals surface area contributed by atoms with E-state index >= 15 is 0 Å². The molecule has 0 bridgehead atoms. The van der Waals surface area contributed by atoms with E-state index in [-0.39, 0.29) is 18.2 Å². The summed E-state index contributed by atoms with van der Waals surface area (Å²) < 4.78 is 10.9. The van der Waals surface area contributed by atoms with Gasteiger partial charge in [0.2, 0.25) is 0 Å². The molecule has 6 heteroatoms. The third-order valence-electron chi connectivity index (χ3n) is 3.59. The lowest BCUT2D eigenvalue weighted by Gasteiger charge is -2.06. The van der Waals surface area contributed by atoms with Crippen LogP contribution in [0.5, 0.6) is 0 Å². The number of fused-ring (bicyclic) bond motifs is 1. The molecule has 1 aromatic carbocycles. The van der Waals surface area contributed by atoms with Crippen LogP contribution < -0.4 is 5.32 Å². The number of nitrogens with one attached hydrogen (secondary N) is 1. The van der Waals surface area contributed by atoms with Crippen LogP contribution in [0.15, 0.2) is 70.0 Å². The summed E-state index contributed by atoms with van der Waals surface area (Å²) in [7, 11) is 0. The number of hydrogen-bond acceptors (Lipinski definition) is 5. The summed E-state index contributed by atoms with van der Waals surface area (Å²) in [6, 6.07) is 12.8. The number of furan rings is 2. The smallest absolute Gasteiger partial charge is 0.287 e. The van der Waals surface area contributed by atoms with Crippen LogP contribution in [0.4, 0.5) is 0 Å². The average molecular weight is 319 g/mol. The summed E-state index contributed by atoms with van der Waals surface area (Å²) in [4.78, 5) is 20.9. The van der Waals surface area contributed by atoms with Crippen LogP contribution in [0.25, 0.3) is 22.4 Å². The maximum atomic E-state index is 12.3. The summed E-state index contributed by atoms with van der Waals surface area (Å²) >= 11 is 0. The Hall–Kier alpha value is -3.41. The van der Waals surface area contributed by atoms with Crippen LogP contribution in [0.1, 0.15) is 16.2 Å². The van der Waals surface area contributed by atoms with Gasteiger partial charge in [0.25, 0.3) is 5.91 Å². The monoisotopic (exact) mass is 319 g/mol. The molecule has 0 aliphatic carbocycles. The minimum absolute atomic E-state index is 0.222. The molecule has 24 heavy (non-hydrogen) atoms. The first kappa shape index (κ1) is 14.2. The Morgan fingerprint density at radius 3 is 2.79 bits per heavy atom. The molecule has 0 fully saturated rings. The number of nitrogens with zero attached hydrogens (tertiary/aromatic N) is 2. The SMILES string of the molecule is O=C(NCc1nccnc1-c1ccco1)c1cc2ccccc2o1. The molecule has 0 radical (unpaired) electrons. The second-order valence-electron chi connectivity index (χ2n) is 5.16. The lowest BCUT2D eigenvalue weighted by Crippen LogP contribution is -2.23. The molecule has 4 rings (SSSR count). The van der Waals surface area contributed by atoms with E-state index in [1.807, 2.05) is 24.3 Å². The molecule has 1 amide bonds. The van der Waals surface area contributed by atoms with E-state index in [0.717, 1.165) is 5.39 Å². The topological polar surface area (TPSA) is 81.2 Å². The predicted octanol–water partition coefficient (Wildman–Crippen LogP) is 3.41. The molecule has 118 valence electrons. The molecular formula is C18H13N3O3. The summed E-state index contributed by atoms with van der Waals surface area (Å²) in [5.74, 6) is 0.568. The summed E-state index contributed by atoms with van der Waals surface area (Å²) in [5, 5.41) is 3.69. The number of benzene rings is 1. The number of aromatic nitrogens is 2. The molecule has 0 saturated carbocycles. The standard InChI is InChI=1S/C18H13N3O3/c22-18(16-10-12-4-1-2-5-14(12)24-16)21-11-13-17(20-8-7-19-13)15-6-3-9-23-15/h1-10H,11H2,(H,21,22). The van der Waals surface area contributed by atoms with Crippen molar-refractivity contribution >= 4 is 16.9 Å². The van der Waals surface area contributed by atoms with Gasteiger partial charge in [-0.1, -0.05) is 18.2 Å². The van der Waals surface area contributed by atoms with Crippen molar-refractivity contribution in [3.8, 4) is 11.5 Å². The highest BCUT2D eigenvalue weighted by Crippen LogP contribution is 2.21. The quantitative estimate of drug-likeness (QED) is 0.623. The number of rotatable bonds is 4. The summed E-state index contributed by atoms with van der Waals surface area (Å²) in [6.07, 6.45) is 4.73. The molecule has 4 aromatic rings. The molecule has 0 aliphatic heterocycles. The fraction of sp³-hybridized carbons (Fsp3) is 0.0556. The van der Waals surface area contributed by atoms with Gasteiger partial charge in [-0.25, -0.2) is 4.98 Å². The first-order chi connectivity index (χ1) is 11.8. The molecule has 0 aliphatic rings. The lowest BCUT2D eigenvalue weighted by atomic mass is 10.2. The molecule has 0 saturated heterocycles.